The monoisotopic (exact) mass is 168 g/mol. The molecule has 0 aliphatic rings. The molecule has 1 heterocycles. The molecule has 0 fully saturated rings. The molecule has 0 bridgehead atoms. The van der Waals surface area contributed by atoms with Gasteiger partial charge in [-0.05, 0) is 17.7 Å². The normalized spacial score (nSPS) is 9.46. The lowest BCUT2D eigenvalue weighted by atomic mass is 10.1. The second-order valence-corrected chi connectivity index (χ2v) is 2.71. The molecule has 0 radical (unpaired) electrons. The minimum absolute atomic E-state index is 0.888. The highest BCUT2D eigenvalue weighted by Crippen LogP contribution is 2.17. The van der Waals surface area contributed by atoms with Crippen molar-refractivity contribution < 1.29 is 0 Å². The van der Waals surface area contributed by atoms with Gasteiger partial charge < -0.3 is 0 Å². The molecule has 0 spiro atoms. The summed E-state index contributed by atoms with van der Waals surface area (Å²) in [5.74, 6) is 2.60. The summed E-state index contributed by atoms with van der Waals surface area (Å²) in [5, 5.41) is 6.64. The Morgan fingerprint density at radius 3 is 2.92 bits per heavy atom. The standard InChI is InChI=1S/C11H8N2/c1-2-9-4-3-5-10(6-9)11-7-12-13-8-11/h1,3-8H,(H,12,13). The third-order valence-corrected chi connectivity index (χ3v) is 1.86. The zero-order chi connectivity index (χ0) is 9.10. The van der Waals surface area contributed by atoms with Crippen LogP contribution < -0.4 is 0 Å². The lowest BCUT2D eigenvalue weighted by Crippen LogP contribution is -1.76. The molecule has 0 aliphatic carbocycles. The van der Waals surface area contributed by atoms with E-state index in [-0.39, 0.29) is 0 Å². The van der Waals surface area contributed by atoms with Crippen molar-refractivity contribution in [3.05, 3.63) is 42.2 Å². The van der Waals surface area contributed by atoms with Gasteiger partial charge in [0.15, 0.2) is 0 Å². The highest BCUT2D eigenvalue weighted by atomic mass is 15.1. The molecule has 62 valence electrons. The van der Waals surface area contributed by atoms with Crippen LogP contribution in [0.15, 0.2) is 36.7 Å². The van der Waals surface area contributed by atoms with Crippen LogP contribution in [0.25, 0.3) is 11.1 Å². The van der Waals surface area contributed by atoms with Crippen LogP contribution in [0.5, 0.6) is 0 Å². The quantitative estimate of drug-likeness (QED) is 0.649. The number of nitrogens with zero attached hydrogens (tertiary/aromatic N) is 1. The van der Waals surface area contributed by atoms with Crippen LogP contribution in [-0.4, -0.2) is 10.2 Å². The predicted octanol–water partition coefficient (Wildman–Crippen LogP) is 2.06. The number of terminal acetylenes is 1. The van der Waals surface area contributed by atoms with Gasteiger partial charge >= 0.3 is 0 Å². The molecule has 1 N–H and O–H groups in total. The third kappa shape index (κ3) is 1.45. The van der Waals surface area contributed by atoms with Gasteiger partial charge in [0.05, 0.1) is 6.20 Å². The zero-order valence-corrected chi connectivity index (χ0v) is 6.99. The first-order chi connectivity index (χ1) is 6.40. The van der Waals surface area contributed by atoms with Crippen LogP contribution in [0.2, 0.25) is 0 Å². The van der Waals surface area contributed by atoms with Crippen molar-refractivity contribution in [3.63, 3.8) is 0 Å². The number of hydrogen-bond donors (Lipinski definition) is 1. The fraction of sp³-hybridized carbons (Fsp3) is 0. The highest BCUT2D eigenvalue weighted by Gasteiger charge is 1.97. The summed E-state index contributed by atoms with van der Waals surface area (Å²) in [6, 6.07) is 7.82. The van der Waals surface area contributed by atoms with E-state index >= 15 is 0 Å². The number of aromatic amines is 1. The van der Waals surface area contributed by atoms with Crippen molar-refractivity contribution in [2.75, 3.05) is 0 Å². The number of hydrogen-bond acceptors (Lipinski definition) is 1. The summed E-state index contributed by atoms with van der Waals surface area (Å²) in [4.78, 5) is 0. The molecule has 1 aromatic carbocycles. The molecular formula is C11H8N2. The maximum absolute atomic E-state index is 5.30. The van der Waals surface area contributed by atoms with E-state index in [2.05, 4.69) is 16.1 Å². The van der Waals surface area contributed by atoms with E-state index in [4.69, 9.17) is 6.42 Å². The molecule has 0 amide bonds. The molecule has 0 aliphatic heterocycles. The molecule has 2 aromatic rings. The van der Waals surface area contributed by atoms with Crippen molar-refractivity contribution in [2.45, 2.75) is 0 Å². The summed E-state index contributed by atoms with van der Waals surface area (Å²) >= 11 is 0. The molecule has 0 atom stereocenters. The molecule has 2 rings (SSSR count). The minimum Gasteiger partial charge on any atom is -0.285 e. The first-order valence-electron chi connectivity index (χ1n) is 3.96. The molecule has 13 heavy (non-hydrogen) atoms. The second-order valence-electron chi connectivity index (χ2n) is 2.71. The average Bonchev–Trinajstić information content (AvgIpc) is 2.71. The van der Waals surface area contributed by atoms with E-state index in [9.17, 15) is 0 Å². The zero-order valence-electron chi connectivity index (χ0n) is 6.99. The van der Waals surface area contributed by atoms with Crippen LogP contribution in [0, 0.1) is 12.3 Å². The van der Waals surface area contributed by atoms with E-state index in [0.29, 0.717) is 0 Å². The number of benzene rings is 1. The Kier molecular flexibility index (Phi) is 1.85. The van der Waals surface area contributed by atoms with Gasteiger partial charge in [0.1, 0.15) is 0 Å². The maximum Gasteiger partial charge on any atom is 0.0565 e. The Morgan fingerprint density at radius 2 is 2.23 bits per heavy atom. The van der Waals surface area contributed by atoms with Gasteiger partial charge in [-0.15, -0.1) is 6.42 Å². The summed E-state index contributed by atoms with van der Waals surface area (Å²) < 4.78 is 0. The Balaban J connectivity index is 2.49. The third-order valence-electron chi connectivity index (χ3n) is 1.86. The van der Waals surface area contributed by atoms with E-state index in [1.54, 1.807) is 6.20 Å². The van der Waals surface area contributed by atoms with Crippen LogP contribution in [0.4, 0.5) is 0 Å². The average molecular weight is 168 g/mol. The topological polar surface area (TPSA) is 28.7 Å². The van der Waals surface area contributed by atoms with E-state index in [1.807, 2.05) is 30.5 Å². The van der Waals surface area contributed by atoms with Crippen LogP contribution in [0.3, 0.4) is 0 Å². The van der Waals surface area contributed by atoms with Gasteiger partial charge in [0.25, 0.3) is 0 Å². The van der Waals surface area contributed by atoms with E-state index < -0.39 is 0 Å². The van der Waals surface area contributed by atoms with E-state index in [0.717, 1.165) is 16.7 Å². The Hall–Kier alpha value is -2.01. The second kappa shape index (κ2) is 3.16. The van der Waals surface area contributed by atoms with Gasteiger partial charge in [-0.2, -0.15) is 5.10 Å². The van der Waals surface area contributed by atoms with Crippen LogP contribution >= 0.6 is 0 Å². The number of nitrogens with one attached hydrogen (secondary N) is 1. The molecular weight excluding hydrogens is 160 g/mol. The molecule has 2 heteroatoms. The first kappa shape index (κ1) is 7.63. The summed E-state index contributed by atoms with van der Waals surface area (Å²) in [5.41, 5.74) is 3.03. The lowest BCUT2D eigenvalue weighted by molar-refractivity contribution is 1.09. The summed E-state index contributed by atoms with van der Waals surface area (Å²) in [6.07, 6.45) is 8.91. The van der Waals surface area contributed by atoms with Crippen LogP contribution in [-0.2, 0) is 0 Å². The fourth-order valence-corrected chi connectivity index (χ4v) is 1.20. The Bertz CT molecular complexity index is 435. The largest absolute Gasteiger partial charge is 0.285 e. The van der Waals surface area contributed by atoms with Crippen molar-refractivity contribution >= 4 is 0 Å². The number of aromatic nitrogens is 2. The van der Waals surface area contributed by atoms with Gasteiger partial charge in [0.2, 0.25) is 0 Å². The van der Waals surface area contributed by atoms with Gasteiger partial charge in [-0.1, -0.05) is 18.1 Å². The molecule has 0 unspecified atom stereocenters. The Labute approximate surface area is 76.6 Å². The highest BCUT2D eigenvalue weighted by molar-refractivity contribution is 5.63. The van der Waals surface area contributed by atoms with Gasteiger partial charge in [-0.25, -0.2) is 0 Å². The lowest BCUT2D eigenvalue weighted by Gasteiger charge is -1.96. The summed E-state index contributed by atoms with van der Waals surface area (Å²) in [7, 11) is 0. The molecule has 1 aromatic heterocycles. The molecule has 0 saturated heterocycles. The maximum atomic E-state index is 5.30. The van der Waals surface area contributed by atoms with Crippen molar-refractivity contribution in [2.24, 2.45) is 0 Å². The van der Waals surface area contributed by atoms with Crippen molar-refractivity contribution in [1.82, 2.24) is 10.2 Å². The van der Waals surface area contributed by atoms with Crippen molar-refractivity contribution in [1.29, 1.82) is 0 Å². The fourth-order valence-electron chi connectivity index (χ4n) is 1.20. The summed E-state index contributed by atoms with van der Waals surface area (Å²) in [6.45, 7) is 0. The van der Waals surface area contributed by atoms with Gasteiger partial charge in [-0.3, -0.25) is 5.10 Å². The SMILES string of the molecule is C#Cc1cccc(-c2cn[nH]c2)c1. The smallest absolute Gasteiger partial charge is 0.0565 e. The van der Waals surface area contributed by atoms with Crippen molar-refractivity contribution in [3.8, 4) is 23.5 Å². The van der Waals surface area contributed by atoms with E-state index in [1.165, 1.54) is 0 Å². The first-order valence-corrected chi connectivity index (χ1v) is 3.96. The Morgan fingerprint density at radius 1 is 1.31 bits per heavy atom. The molecule has 2 nitrogen and oxygen atoms in total. The predicted molar refractivity (Wildman–Crippen MR) is 52.0 cm³/mol. The van der Waals surface area contributed by atoms with Gasteiger partial charge in [0, 0.05) is 17.3 Å². The number of H-pyrrole nitrogens is 1. The van der Waals surface area contributed by atoms with Crippen LogP contribution in [0.1, 0.15) is 5.56 Å². The molecule has 0 saturated carbocycles. The minimum atomic E-state index is 0.888. The number of rotatable bonds is 1.